The van der Waals surface area contributed by atoms with Crippen LogP contribution in [0.2, 0.25) is 0 Å². The van der Waals surface area contributed by atoms with Gasteiger partial charge < -0.3 is 42.8 Å². The van der Waals surface area contributed by atoms with E-state index < -0.39 is 14.0 Å². The molecule has 0 fully saturated rings. The molecule has 9 aromatic heterocycles. The maximum absolute atomic E-state index is 8.00. The molecule has 17 heteroatoms. The molecule has 0 saturated heterocycles. The molecule has 9 heterocycles. The van der Waals surface area contributed by atoms with Crippen LogP contribution in [0.15, 0.2) is 335 Å². The smallest absolute Gasteiger partial charge is 0.249 e. The first-order chi connectivity index (χ1) is 60.1. The zero-order chi connectivity index (χ0) is 86.4. The Kier molecular flexibility index (Phi) is 19.6. The molecule has 0 unspecified atom stereocenters. The number of hydrogen-bond donors (Lipinski definition) is 0. The van der Waals surface area contributed by atoms with Gasteiger partial charge in [0.2, 0.25) is 6.33 Å². The van der Waals surface area contributed by atoms with Gasteiger partial charge in [-0.25, -0.2) is 33.6 Å². The largest absolute Gasteiger partial charge is 1.00 e. The summed E-state index contributed by atoms with van der Waals surface area (Å²) in [4.78, 5) is 18.9. The molecular formula is C104H88IN12O3Pt-. The van der Waals surface area contributed by atoms with Crippen LogP contribution in [0.25, 0.3) is 133 Å². The van der Waals surface area contributed by atoms with Gasteiger partial charge in [-0.15, -0.1) is 29.7 Å². The molecule has 21 rings (SSSR count). The fraction of sp³-hybridized carbons (Fsp3) is 0.135. The van der Waals surface area contributed by atoms with Crippen molar-refractivity contribution in [3.05, 3.63) is 364 Å². The molecule has 0 atom stereocenters. The van der Waals surface area contributed by atoms with Gasteiger partial charge >= 0.3 is 0 Å². The van der Waals surface area contributed by atoms with E-state index in [0.717, 1.165) is 117 Å². The van der Waals surface area contributed by atoms with E-state index in [9.17, 15) is 0 Å². The van der Waals surface area contributed by atoms with Crippen molar-refractivity contribution in [3.63, 3.8) is 0 Å². The average molecular weight is 1880 g/mol. The fourth-order valence-corrected chi connectivity index (χ4v) is 15.9. The summed E-state index contributed by atoms with van der Waals surface area (Å²) in [6.45, 7) is 15.3. The van der Waals surface area contributed by atoms with E-state index >= 15 is 0 Å². The molecule has 0 saturated carbocycles. The number of halogens is 1. The van der Waals surface area contributed by atoms with Crippen LogP contribution in [0.3, 0.4) is 0 Å². The Morgan fingerprint density at radius 1 is 0.364 bits per heavy atom. The summed E-state index contributed by atoms with van der Waals surface area (Å²) in [6, 6.07) is 105. The first kappa shape index (κ1) is 72.9. The number of benzene rings is 12. The van der Waals surface area contributed by atoms with Crippen LogP contribution in [-0.2, 0) is 51.3 Å². The van der Waals surface area contributed by atoms with Crippen LogP contribution in [0.4, 0.5) is 0 Å². The topological polar surface area (TPSA) is 118 Å². The number of nitrogens with zero attached hydrogens (tertiary/aromatic N) is 12. The van der Waals surface area contributed by atoms with Crippen molar-refractivity contribution in [1.82, 2.24) is 51.9 Å². The standard InChI is InChI=1S/C35H31N4O.C35H29N4O.C34H28N4O.HI.Pt/c2*1-35(2,3)24-18-19-36-34(20-24)39-30-13-6-5-12-28(30)29-17-16-27(22-33(29)39)40-26-11-9-10-25(21-26)38-23-37(4)31-14-7-8-15-32(31)38;1-34(2,3)23-17-18-35-33(19-23)38-30-13-6-4-11-27(30)28-16-15-26(21-32(28)38)39-25-10-8-9-24(20-25)37-22-36-29-12-5-7-14-31(29)37;;/h5-23H,1-4H3;5-20,23H,1-4H3;4-22H,1-3H3;1H;/q+1;-1;;;/p-1/i2*4D3;;;. The zero-order valence-electron chi connectivity index (χ0n) is 74.0. The molecule has 0 N–H and O–H groups in total. The molecule has 600 valence electrons. The summed E-state index contributed by atoms with van der Waals surface area (Å²) in [5.41, 5.74) is 17.1. The Bertz CT molecular complexity index is 7440. The number of aromatic nitrogens is 12. The van der Waals surface area contributed by atoms with Crippen LogP contribution in [0, 0.1) is 12.1 Å². The second kappa shape index (κ2) is 32.4. The zero-order valence-corrected chi connectivity index (χ0v) is 72.5. The van der Waals surface area contributed by atoms with Crippen LogP contribution in [-0.4, -0.2) is 51.9 Å². The summed E-state index contributed by atoms with van der Waals surface area (Å²) < 4.78 is 82.1. The Balaban J connectivity index is 0.000000133. The predicted molar refractivity (Wildman–Crippen MR) is 482 cm³/mol. The molecule has 0 spiro atoms. The number of rotatable bonds is 12. The number of aryl methyl sites for hydroxylation is 2. The number of hydrogen-bond acceptors (Lipinski definition) is 7. The third-order valence-electron chi connectivity index (χ3n) is 22.0. The van der Waals surface area contributed by atoms with E-state index in [0.29, 0.717) is 39.7 Å². The number of pyridine rings is 3. The van der Waals surface area contributed by atoms with Gasteiger partial charge in [-0.2, -0.15) is 16.7 Å². The van der Waals surface area contributed by atoms with Gasteiger partial charge in [-0.05, 0) is 178 Å². The number of imidazole rings is 3. The van der Waals surface area contributed by atoms with E-state index in [1.54, 1.807) is 18.7 Å². The van der Waals surface area contributed by atoms with Gasteiger partial charge in [-0.1, -0.05) is 165 Å². The molecule has 12 aromatic carbocycles. The minimum absolute atomic E-state index is 0. The van der Waals surface area contributed by atoms with Crippen molar-refractivity contribution in [1.29, 1.82) is 0 Å². The van der Waals surface area contributed by atoms with Crippen LogP contribution < -0.4 is 42.8 Å². The van der Waals surface area contributed by atoms with Crippen molar-refractivity contribution in [2.75, 3.05) is 0 Å². The second-order valence-electron chi connectivity index (χ2n) is 33.0. The van der Waals surface area contributed by atoms with E-state index in [1.165, 1.54) is 36.6 Å². The Hall–Kier alpha value is -13.3. The fourth-order valence-electron chi connectivity index (χ4n) is 15.9. The van der Waals surface area contributed by atoms with Gasteiger partial charge in [0.15, 0.2) is 28.4 Å². The molecule has 0 amide bonds. The molecule has 0 aliphatic carbocycles. The average Bonchev–Trinajstić information content (AvgIpc) is 1.58. The molecule has 21 aromatic rings. The van der Waals surface area contributed by atoms with E-state index in [4.69, 9.17) is 37.4 Å². The Labute approximate surface area is 742 Å². The third-order valence-corrected chi connectivity index (χ3v) is 22.0. The summed E-state index contributed by atoms with van der Waals surface area (Å²) >= 11 is 0. The molecule has 0 bridgehead atoms. The molecule has 0 radical (unpaired) electrons. The van der Waals surface area contributed by atoms with Crippen molar-refractivity contribution >= 4 is 98.5 Å². The predicted octanol–water partition coefficient (Wildman–Crippen LogP) is 22.1. The summed E-state index contributed by atoms with van der Waals surface area (Å²) in [7, 11) is 0. The molecule has 121 heavy (non-hydrogen) atoms. The number of fused-ring (bicyclic) bond motifs is 12. The van der Waals surface area contributed by atoms with Crippen LogP contribution in [0.1, 0.15) is 87.2 Å². The van der Waals surface area contributed by atoms with Crippen molar-refractivity contribution in [2.24, 2.45) is 14.0 Å². The SMILES string of the molecule is CC(C)(C)c1ccnc(-n2c3ccccc3c3ccc(Oc4cccc(-n5cnc6ccccc65)c4)cc32)c1.[2H]C([2H])([2H])[n+]1cn(-c2cccc(Oc3ccc4c5ccccc5n(-c5cc(C(C)(C)C)ccn5)c4c3)c2)c2ccccc21.[2H]C([2H])([2H])n1[cH+]n(-c2[c-]c(Oc3[c-]c4c(cc3)c3ccccc3n4-c3cc(C(C)(C)C)ccn3)ccc2)c2ccccc21.[I-].[Pt]. The second-order valence-corrected chi connectivity index (χ2v) is 33.0. The summed E-state index contributed by atoms with van der Waals surface area (Å²) in [5, 5.41) is 6.79. The first-order valence-electron chi connectivity index (χ1n) is 42.8. The van der Waals surface area contributed by atoms with Crippen molar-refractivity contribution in [3.8, 4) is 69.0 Å². The van der Waals surface area contributed by atoms with Gasteiger partial charge in [0, 0.05) is 131 Å². The van der Waals surface area contributed by atoms with E-state index in [-0.39, 0.29) is 61.3 Å². The maximum Gasteiger partial charge on any atom is 0.249 e. The minimum Gasteiger partial charge on any atom is -1.00 e. The molecule has 15 nitrogen and oxygen atoms in total. The van der Waals surface area contributed by atoms with Crippen LogP contribution >= 0.6 is 0 Å². The number of ether oxygens (including phenoxy) is 3. The van der Waals surface area contributed by atoms with Crippen LogP contribution in [0.5, 0.6) is 34.5 Å². The monoisotopic (exact) mass is 1880 g/mol. The molecule has 0 aliphatic rings. The third kappa shape index (κ3) is 15.5. The number of para-hydroxylation sites is 9. The van der Waals surface area contributed by atoms with E-state index in [2.05, 4.69) is 237 Å². The van der Waals surface area contributed by atoms with Crippen molar-refractivity contribution in [2.45, 2.75) is 78.6 Å². The summed E-state index contributed by atoms with van der Waals surface area (Å²) in [6.07, 6.45) is 10.7. The Morgan fingerprint density at radius 3 is 1.36 bits per heavy atom. The van der Waals surface area contributed by atoms with Gasteiger partial charge in [0.25, 0.3) is 0 Å². The summed E-state index contributed by atoms with van der Waals surface area (Å²) in [5.74, 6) is 6.48. The van der Waals surface area contributed by atoms with Gasteiger partial charge in [0.1, 0.15) is 52.5 Å². The quantitative estimate of drug-likeness (QED) is 0.0679. The van der Waals surface area contributed by atoms with Gasteiger partial charge in [0.05, 0.1) is 49.9 Å². The minimum atomic E-state index is -2.32. The van der Waals surface area contributed by atoms with E-state index in [1.807, 2.05) is 186 Å². The first-order valence-corrected chi connectivity index (χ1v) is 39.8. The molecule has 0 aliphatic heterocycles. The Morgan fingerprint density at radius 2 is 0.810 bits per heavy atom. The maximum atomic E-state index is 8.00. The van der Waals surface area contributed by atoms with Gasteiger partial charge in [-0.3, -0.25) is 13.7 Å². The normalized spacial score (nSPS) is 12.7. The van der Waals surface area contributed by atoms with Crippen molar-refractivity contribution < 1.29 is 72.0 Å². The molecular weight excluding hydrogens is 1790 g/mol.